The molecule has 2 rings (SSSR count). The zero-order chi connectivity index (χ0) is 14.6. The van der Waals surface area contributed by atoms with Crippen LogP contribution in [0.4, 0.5) is 17.6 Å². The molecular weight excluding hydrogens is 272 g/mol. The largest absolute Gasteiger partial charge is 0.401 e. The Balaban J connectivity index is 1.84. The molecule has 1 saturated heterocycles. The Morgan fingerprint density at radius 3 is 2.80 bits per heavy atom. The Kier molecular flexibility index (Phi) is 4.99. The van der Waals surface area contributed by atoms with E-state index in [1.807, 2.05) is 6.07 Å². The first-order chi connectivity index (χ1) is 9.42. The third-order valence-corrected chi connectivity index (χ3v) is 3.39. The molecule has 0 aromatic heterocycles. The van der Waals surface area contributed by atoms with Crippen LogP contribution in [0.1, 0.15) is 18.4 Å². The van der Waals surface area contributed by atoms with E-state index in [4.69, 9.17) is 0 Å². The zero-order valence-electron chi connectivity index (χ0n) is 11.1. The second-order valence-electron chi connectivity index (χ2n) is 5.20. The maximum atomic E-state index is 13.1. The van der Waals surface area contributed by atoms with Crippen LogP contribution in [0.2, 0.25) is 0 Å². The van der Waals surface area contributed by atoms with E-state index in [0.717, 1.165) is 24.9 Å². The molecule has 1 unspecified atom stereocenters. The summed E-state index contributed by atoms with van der Waals surface area (Å²) in [4.78, 5) is 2.06. The fourth-order valence-corrected chi connectivity index (χ4v) is 2.52. The van der Waals surface area contributed by atoms with Gasteiger partial charge in [-0.2, -0.15) is 13.2 Å². The van der Waals surface area contributed by atoms with Crippen molar-refractivity contribution in [1.29, 1.82) is 0 Å². The number of nitrogens with one attached hydrogen (secondary N) is 1. The SMILES string of the molecule is Fc1cccc(CN2CCCC(NCC(F)(F)F)C2)c1. The van der Waals surface area contributed by atoms with Crippen molar-refractivity contribution in [2.75, 3.05) is 19.6 Å². The highest BCUT2D eigenvalue weighted by molar-refractivity contribution is 5.16. The Morgan fingerprint density at radius 1 is 1.30 bits per heavy atom. The van der Waals surface area contributed by atoms with Crippen LogP contribution in [0.5, 0.6) is 0 Å². The van der Waals surface area contributed by atoms with Crippen LogP contribution in [0.25, 0.3) is 0 Å². The van der Waals surface area contributed by atoms with Gasteiger partial charge in [0.05, 0.1) is 6.54 Å². The highest BCUT2D eigenvalue weighted by Gasteiger charge is 2.29. The Hall–Kier alpha value is -1.14. The molecule has 2 nitrogen and oxygen atoms in total. The highest BCUT2D eigenvalue weighted by atomic mass is 19.4. The van der Waals surface area contributed by atoms with Crippen molar-refractivity contribution >= 4 is 0 Å². The molecular formula is C14H18F4N2. The number of alkyl halides is 3. The Bertz CT molecular complexity index is 433. The van der Waals surface area contributed by atoms with Crippen LogP contribution in [-0.2, 0) is 6.54 Å². The topological polar surface area (TPSA) is 15.3 Å². The number of piperidine rings is 1. The Labute approximate surface area is 115 Å². The van der Waals surface area contributed by atoms with Crippen LogP contribution in [0.3, 0.4) is 0 Å². The smallest absolute Gasteiger partial charge is 0.305 e. The summed E-state index contributed by atoms with van der Waals surface area (Å²) in [6.45, 7) is 1.01. The van der Waals surface area contributed by atoms with Gasteiger partial charge in [-0.05, 0) is 37.1 Å². The molecule has 0 saturated carbocycles. The van der Waals surface area contributed by atoms with E-state index in [2.05, 4.69) is 10.2 Å². The molecule has 1 aromatic carbocycles. The first-order valence-corrected chi connectivity index (χ1v) is 6.69. The molecule has 0 bridgehead atoms. The van der Waals surface area contributed by atoms with Crippen LogP contribution in [0, 0.1) is 5.82 Å². The molecule has 6 heteroatoms. The van der Waals surface area contributed by atoms with Crippen molar-refractivity contribution in [2.45, 2.75) is 31.6 Å². The Morgan fingerprint density at radius 2 is 2.10 bits per heavy atom. The molecule has 1 aromatic rings. The fraction of sp³-hybridized carbons (Fsp3) is 0.571. The molecule has 1 atom stereocenters. The molecule has 0 aliphatic carbocycles. The zero-order valence-corrected chi connectivity index (χ0v) is 11.1. The van der Waals surface area contributed by atoms with Crippen LogP contribution in [0.15, 0.2) is 24.3 Å². The lowest BCUT2D eigenvalue weighted by Gasteiger charge is -2.33. The standard InChI is InChI=1S/C14H18F4N2/c15-12-4-1-3-11(7-12)8-20-6-2-5-13(9-20)19-10-14(16,17)18/h1,3-4,7,13,19H,2,5-6,8-10H2. The minimum absolute atomic E-state index is 0.154. The first kappa shape index (κ1) is 15.3. The van der Waals surface area contributed by atoms with Gasteiger partial charge >= 0.3 is 6.18 Å². The maximum absolute atomic E-state index is 13.1. The first-order valence-electron chi connectivity index (χ1n) is 6.69. The summed E-state index contributed by atoms with van der Waals surface area (Å²) in [5.41, 5.74) is 0.849. The second-order valence-corrected chi connectivity index (χ2v) is 5.20. The summed E-state index contributed by atoms with van der Waals surface area (Å²) in [7, 11) is 0. The lowest BCUT2D eigenvalue weighted by Crippen LogP contribution is -2.47. The van der Waals surface area contributed by atoms with E-state index >= 15 is 0 Å². The van der Waals surface area contributed by atoms with Gasteiger partial charge in [0.1, 0.15) is 5.82 Å². The minimum atomic E-state index is -4.18. The third-order valence-electron chi connectivity index (χ3n) is 3.39. The van der Waals surface area contributed by atoms with Crippen LogP contribution in [-0.4, -0.2) is 36.8 Å². The predicted octanol–water partition coefficient (Wildman–Crippen LogP) is 2.94. The van der Waals surface area contributed by atoms with Crippen molar-refractivity contribution in [2.24, 2.45) is 0 Å². The minimum Gasteiger partial charge on any atom is -0.305 e. The van der Waals surface area contributed by atoms with Crippen LogP contribution < -0.4 is 5.32 Å². The summed E-state index contributed by atoms with van der Waals surface area (Å²) in [5, 5.41) is 2.55. The number of hydrogen-bond donors (Lipinski definition) is 1. The molecule has 0 spiro atoms. The van der Waals surface area contributed by atoms with E-state index in [-0.39, 0.29) is 11.9 Å². The number of hydrogen-bond acceptors (Lipinski definition) is 2. The molecule has 1 aliphatic rings. The van der Waals surface area contributed by atoms with E-state index < -0.39 is 12.7 Å². The molecule has 112 valence electrons. The molecule has 20 heavy (non-hydrogen) atoms. The summed E-state index contributed by atoms with van der Waals surface area (Å²) in [6, 6.07) is 6.17. The van der Waals surface area contributed by atoms with E-state index in [0.29, 0.717) is 13.1 Å². The van der Waals surface area contributed by atoms with Gasteiger partial charge in [-0.3, -0.25) is 4.90 Å². The number of nitrogens with zero attached hydrogens (tertiary/aromatic N) is 1. The number of likely N-dealkylation sites (tertiary alicyclic amines) is 1. The lowest BCUT2D eigenvalue weighted by molar-refractivity contribution is -0.127. The van der Waals surface area contributed by atoms with Gasteiger partial charge < -0.3 is 5.32 Å². The van der Waals surface area contributed by atoms with E-state index in [1.54, 1.807) is 6.07 Å². The van der Waals surface area contributed by atoms with Gasteiger partial charge in [0, 0.05) is 19.1 Å². The maximum Gasteiger partial charge on any atom is 0.401 e. The quantitative estimate of drug-likeness (QED) is 0.858. The molecule has 1 aliphatic heterocycles. The van der Waals surface area contributed by atoms with E-state index in [9.17, 15) is 17.6 Å². The van der Waals surface area contributed by atoms with Crippen molar-refractivity contribution in [1.82, 2.24) is 10.2 Å². The van der Waals surface area contributed by atoms with Gasteiger partial charge in [0.25, 0.3) is 0 Å². The number of halogens is 4. The average molecular weight is 290 g/mol. The predicted molar refractivity (Wildman–Crippen MR) is 68.8 cm³/mol. The summed E-state index contributed by atoms with van der Waals surface area (Å²) in [5.74, 6) is -0.286. The van der Waals surface area contributed by atoms with Crippen molar-refractivity contribution < 1.29 is 17.6 Å². The summed E-state index contributed by atoms with van der Waals surface area (Å²) >= 11 is 0. The van der Waals surface area contributed by atoms with Gasteiger partial charge in [-0.15, -0.1) is 0 Å². The molecule has 1 fully saturated rings. The summed E-state index contributed by atoms with van der Waals surface area (Å²) < 4.78 is 49.6. The normalized spacial score (nSPS) is 21.1. The van der Waals surface area contributed by atoms with E-state index in [1.165, 1.54) is 12.1 Å². The van der Waals surface area contributed by atoms with Gasteiger partial charge in [-0.25, -0.2) is 4.39 Å². The van der Waals surface area contributed by atoms with Gasteiger partial charge in [-0.1, -0.05) is 12.1 Å². The second kappa shape index (κ2) is 6.54. The third kappa shape index (κ3) is 5.09. The van der Waals surface area contributed by atoms with Crippen molar-refractivity contribution in [3.05, 3.63) is 35.6 Å². The van der Waals surface area contributed by atoms with Crippen LogP contribution >= 0.6 is 0 Å². The molecule has 1 heterocycles. The monoisotopic (exact) mass is 290 g/mol. The lowest BCUT2D eigenvalue weighted by atomic mass is 10.0. The van der Waals surface area contributed by atoms with Gasteiger partial charge in [0.15, 0.2) is 0 Å². The summed E-state index contributed by atoms with van der Waals surface area (Å²) in [6.07, 6.45) is -2.58. The fourth-order valence-electron chi connectivity index (χ4n) is 2.52. The van der Waals surface area contributed by atoms with Gasteiger partial charge in [0.2, 0.25) is 0 Å². The number of rotatable bonds is 4. The number of benzene rings is 1. The molecule has 1 N–H and O–H groups in total. The highest BCUT2D eigenvalue weighted by Crippen LogP contribution is 2.17. The van der Waals surface area contributed by atoms with Crippen molar-refractivity contribution in [3.63, 3.8) is 0 Å². The molecule has 0 radical (unpaired) electrons. The van der Waals surface area contributed by atoms with Crippen molar-refractivity contribution in [3.8, 4) is 0 Å². The average Bonchev–Trinajstić information content (AvgIpc) is 2.36. The molecule has 0 amide bonds.